The smallest absolute Gasteiger partial charge is 0.0964 e. The van der Waals surface area contributed by atoms with Gasteiger partial charge in [-0.25, -0.2) is 0 Å². The van der Waals surface area contributed by atoms with Crippen LogP contribution in [0.5, 0.6) is 0 Å². The number of aromatic nitrogens is 3. The fourth-order valence-corrected chi connectivity index (χ4v) is 2.99. The van der Waals surface area contributed by atoms with Crippen LogP contribution in [0.25, 0.3) is 0 Å². The van der Waals surface area contributed by atoms with E-state index in [-0.39, 0.29) is 0 Å². The SMILES string of the molecule is CCN(CCn1cc(CNC)nn1)C1CCCCC1. The van der Waals surface area contributed by atoms with Crippen molar-refractivity contribution >= 4 is 0 Å². The molecule has 0 saturated heterocycles. The van der Waals surface area contributed by atoms with E-state index in [2.05, 4.69) is 27.5 Å². The molecule has 1 aromatic heterocycles. The Kier molecular flexibility index (Phi) is 5.79. The number of nitrogens with one attached hydrogen (secondary N) is 1. The molecule has 0 bridgehead atoms. The van der Waals surface area contributed by atoms with E-state index < -0.39 is 0 Å². The lowest BCUT2D eigenvalue weighted by atomic mass is 9.94. The minimum absolute atomic E-state index is 0.791. The van der Waals surface area contributed by atoms with Crippen LogP contribution < -0.4 is 5.32 Å². The second kappa shape index (κ2) is 7.60. The highest BCUT2D eigenvalue weighted by Crippen LogP contribution is 2.22. The lowest BCUT2D eigenvalue weighted by Gasteiger charge is -2.33. The van der Waals surface area contributed by atoms with Crippen molar-refractivity contribution in [2.24, 2.45) is 0 Å². The predicted octanol–water partition coefficient (Wildman–Crippen LogP) is 1.65. The molecule has 1 aromatic rings. The van der Waals surface area contributed by atoms with Gasteiger partial charge in [-0.3, -0.25) is 9.58 Å². The molecule has 1 saturated carbocycles. The van der Waals surface area contributed by atoms with Gasteiger partial charge in [0.05, 0.1) is 12.2 Å². The van der Waals surface area contributed by atoms with E-state index in [0.717, 1.165) is 37.9 Å². The second-order valence-electron chi connectivity index (χ2n) is 5.42. The second-order valence-corrected chi connectivity index (χ2v) is 5.42. The largest absolute Gasteiger partial charge is 0.314 e. The van der Waals surface area contributed by atoms with E-state index in [0.29, 0.717) is 0 Å². The van der Waals surface area contributed by atoms with Crippen LogP contribution in [0.1, 0.15) is 44.7 Å². The van der Waals surface area contributed by atoms with Crippen molar-refractivity contribution in [2.75, 3.05) is 20.1 Å². The van der Waals surface area contributed by atoms with Crippen LogP contribution in [0.15, 0.2) is 6.20 Å². The first-order chi connectivity index (χ1) is 9.33. The average Bonchev–Trinajstić information content (AvgIpc) is 2.89. The van der Waals surface area contributed by atoms with Gasteiger partial charge in [-0.05, 0) is 26.4 Å². The van der Waals surface area contributed by atoms with E-state index in [1.54, 1.807) is 0 Å². The van der Waals surface area contributed by atoms with Crippen molar-refractivity contribution in [3.8, 4) is 0 Å². The van der Waals surface area contributed by atoms with Gasteiger partial charge < -0.3 is 5.32 Å². The van der Waals surface area contributed by atoms with Gasteiger partial charge in [-0.2, -0.15) is 0 Å². The maximum absolute atomic E-state index is 4.19. The minimum Gasteiger partial charge on any atom is -0.314 e. The van der Waals surface area contributed by atoms with E-state index >= 15 is 0 Å². The first-order valence-electron chi connectivity index (χ1n) is 7.61. The van der Waals surface area contributed by atoms with Gasteiger partial charge in [0.2, 0.25) is 0 Å². The number of rotatable bonds is 7. The van der Waals surface area contributed by atoms with Gasteiger partial charge in [-0.15, -0.1) is 5.10 Å². The Morgan fingerprint density at radius 1 is 1.37 bits per heavy atom. The Labute approximate surface area is 116 Å². The molecule has 1 aliphatic rings. The van der Waals surface area contributed by atoms with Crippen LogP contribution in [0, 0.1) is 0 Å². The van der Waals surface area contributed by atoms with Gasteiger partial charge in [0.15, 0.2) is 0 Å². The third kappa shape index (κ3) is 4.28. The Bertz CT molecular complexity index is 356. The van der Waals surface area contributed by atoms with Crippen molar-refractivity contribution in [3.05, 3.63) is 11.9 Å². The first-order valence-corrected chi connectivity index (χ1v) is 7.61. The molecule has 1 heterocycles. The Balaban J connectivity index is 1.80. The van der Waals surface area contributed by atoms with Crippen LogP contribution in [0.3, 0.4) is 0 Å². The predicted molar refractivity (Wildman–Crippen MR) is 76.9 cm³/mol. The molecule has 0 unspecified atom stereocenters. The zero-order chi connectivity index (χ0) is 13.5. The lowest BCUT2D eigenvalue weighted by molar-refractivity contribution is 0.156. The monoisotopic (exact) mass is 265 g/mol. The Hall–Kier alpha value is -0.940. The molecule has 0 aliphatic heterocycles. The van der Waals surface area contributed by atoms with Crippen LogP contribution in [0.4, 0.5) is 0 Å². The van der Waals surface area contributed by atoms with Crippen molar-refractivity contribution in [2.45, 2.75) is 58.2 Å². The van der Waals surface area contributed by atoms with E-state index in [9.17, 15) is 0 Å². The first kappa shape index (κ1) is 14.5. The lowest BCUT2D eigenvalue weighted by Crippen LogP contribution is -2.38. The van der Waals surface area contributed by atoms with E-state index in [1.165, 1.54) is 32.1 Å². The highest BCUT2D eigenvalue weighted by atomic mass is 15.4. The fraction of sp³-hybridized carbons (Fsp3) is 0.857. The average molecular weight is 265 g/mol. The molecule has 5 heteroatoms. The standard InChI is InChI=1S/C14H27N5/c1-3-18(14-7-5-4-6-8-14)9-10-19-12-13(11-15-2)16-17-19/h12,14-15H,3-11H2,1-2H3. The van der Waals surface area contributed by atoms with Gasteiger partial charge in [0.1, 0.15) is 0 Å². The summed E-state index contributed by atoms with van der Waals surface area (Å²) in [5.41, 5.74) is 1.02. The summed E-state index contributed by atoms with van der Waals surface area (Å²) in [6.45, 7) is 6.23. The summed E-state index contributed by atoms with van der Waals surface area (Å²) in [5.74, 6) is 0. The number of nitrogens with zero attached hydrogens (tertiary/aromatic N) is 4. The summed E-state index contributed by atoms with van der Waals surface area (Å²) in [6, 6.07) is 0.791. The fourth-order valence-electron chi connectivity index (χ4n) is 2.99. The summed E-state index contributed by atoms with van der Waals surface area (Å²) < 4.78 is 1.97. The van der Waals surface area contributed by atoms with Crippen LogP contribution in [0.2, 0.25) is 0 Å². The Morgan fingerprint density at radius 2 is 2.16 bits per heavy atom. The van der Waals surface area contributed by atoms with Gasteiger partial charge >= 0.3 is 0 Å². The van der Waals surface area contributed by atoms with Gasteiger partial charge in [-0.1, -0.05) is 31.4 Å². The molecule has 1 fully saturated rings. The summed E-state index contributed by atoms with van der Waals surface area (Å²) in [4.78, 5) is 2.61. The van der Waals surface area contributed by atoms with Crippen molar-refractivity contribution in [1.29, 1.82) is 0 Å². The summed E-state index contributed by atoms with van der Waals surface area (Å²) >= 11 is 0. The molecular weight excluding hydrogens is 238 g/mol. The quantitative estimate of drug-likeness (QED) is 0.814. The number of hydrogen-bond acceptors (Lipinski definition) is 4. The van der Waals surface area contributed by atoms with Crippen LogP contribution >= 0.6 is 0 Å². The molecule has 2 rings (SSSR count). The normalized spacial score (nSPS) is 17.2. The van der Waals surface area contributed by atoms with Crippen LogP contribution in [-0.4, -0.2) is 46.1 Å². The highest BCUT2D eigenvalue weighted by Gasteiger charge is 2.19. The van der Waals surface area contributed by atoms with Gasteiger partial charge in [0.25, 0.3) is 0 Å². The maximum Gasteiger partial charge on any atom is 0.0964 e. The molecule has 0 aromatic carbocycles. The third-order valence-electron chi connectivity index (χ3n) is 4.06. The molecule has 5 nitrogen and oxygen atoms in total. The molecule has 108 valence electrons. The molecule has 19 heavy (non-hydrogen) atoms. The third-order valence-corrected chi connectivity index (χ3v) is 4.06. The maximum atomic E-state index is 4.19. The topological polar surface area (TPSA) is 46.0 Å². The summed E-state index contributed by atoms with van der Waals surface area (Å²) in [7, 11) is 1.93. The van der Waals surface area contributed by atoms with Crippen LogP contribution in [-0.2, 0) is 13.1 Å². The summed E-state index contributed by atoms with van der Waals surface area (Å²) in [5, 5.41) is 11.4. The minimum atomic E-state index is 0.791. The molecular formula is C14H27N5. The number of likely N-dealkylation sites (N-methyl/N-ethyl adjacent to an activating group) is 1. The zero-order valence-electron chi connectivity index (χ0n) is 12.3. The van der Waals surface area contributed by atoms with Gasteiger partial charge in [0, 0.05) is 25.3 Å². The van der Waals surface area contributed by atoms with Crippen molar-refractivity contribution < 1.29 is 0 Å². The molecule has 0 radical (unpaired) electrons. The van der Waals surface area contributed by atoms with E-state index in [1.807, 2.05) is 17.9 Å². The van der Waals surface area contributed by atoms with Crippen molar-refractivity contribution in [3.63, 3.8) is 0 Å². The number of hydrogen-bond donors (Lipinski definition) is 1. The highest BCUT2D eigenvalue weighted by molar-refractivity contribution is 4.91. The zero-order valence-corrected chi connectivity index (χ0v) is 12.3. The summed E-state index contributed by atoms with van der Waals surface area (Å²) in [6.07, 6.45) is 9.01. The van der Waals surface area contributed by atoms with Crippen molar-refractivity contribution in [1.82, 2.24) is 25.2 Å². The molecule has 0 spiro atoms. The Morgan fingerprint density at radius 3 is 2.84 bits per heavy atom. The molecule has 0 atom stereocenters. The van der Waals surface area contributed by atoms with E-state index in [4.69, 9.17) is 0 Å². The molecule has 0 amide bonds. The molecule has 1 N–H and O–H groups in total. The molecule has 1 aliphatic carbocycles.